The topological polar surface area (TPSA) is 110 Å². The molecular formula is C25H26N2O5. The van der Waals surface area contributed by atoms with Crippen LogP contribution in [0.15, 0.2) is 48.8 Å². The van der Waals surface area contributed by atoms with Crippen LogP contribution in [0.2, 0.25) is 0 Å². The van der Waals surface area contributed by atoms with E-state index in [1.165, 1.54) is 12.1 Å². The summed E-state index contributed by atoms with van der Waals surface area (Å²) in [6.45, 7) is 7.70. The molecule has 0 radical (unpaired) electrons. The Labute approximate surface area is 186 Å². The molecule has 7 heteroatoms. The maximum absolute atomic E-state index is 12.5. The first-order chi connectivity index (χ1) is 15.0. The van der Waals surface area contributed by atoms with Crippen LogP contribution in [0.5, 0.6) is 11.5 Å². The number of aromatic carboxylic acids is 1. The Kier molecular flexibility index (Phi) is 6.58. The zero-order chi connectivity index (χ0) is 23.5. The molecule has 7 nitrogen and oxygen atoms in total. The second-order valence-corrected chi connectivity index (χ2v) is 8.82. The lowest BCUT2D eigenvalue weighted by atomic mass is 9.87. The van der Waals surface area contributed by atoms with Crippen molar-refractivity contribution in [1.29, 1.82) is 0 Å². The van der Waals surface area contributed by atoms with E-state index >= 15 is 0 Å². The number of aromatic hydroxyl groups is 1. The number of phenolic OH excluding ortho intramolecular Hbond substituents is 1. The summed E-state index contributed by atoms with van der Waals surface area (Å²) < 4.78 is 5.82. The molecule has 0 amide bonds. The number of phenols is 1. The van der Waals surface area contributed by atoms with E-state index in [2.05, 4.69) is 9.97 Å². The highest BCUT2D eigenvalue weighted by Gasteiger charge is 2.21. The minimum Gasteiger partial charge on any atom is -0.507 e. The number of hydrogen-bond donors (Lipinski definition) is 2. The van der Waals surface area contributed by atoms with E-state index in [1.807, 2.05) is 20.8 Å². The molecule has 0 unspecified atom stereocenters. The van der Waals surface area contributed by atoms with Gasteiger partial charge in [-0.15, -0.1) is 0 Å². The van der Waals surface area contributed by atoms with Crippen molar-refractivity contribution in [2.45, 2.75) is 40.7 Å². The Hall–Kier alpha value is -3.74. The van der Waals surface area contributed by atoms with Gasteiger partial charge in [0.25, 0.3) is 0 Å². The van der Waals surface area contributed by atoms with Crippen LogP contribution in [0.25, 0.3) is 11.3 Å². The average molecular weight is 434 g/mol. The van der Waals surface area contributed by atoms with Gasteiger partial charge in [-0.2, -0.15) is 0 Å². The molecular weight excluding hydrogens is 408 g/mol. The second kappa shape index (κ2) is 9.18. The molecule has 1 aromatic heterocycles. The first-order valence-electron chi connectivity index (χ1n) is 10.2. The summed E-state index contributed by atoms with van der Waals surface area (Å²) in [6.07, 6.45) is 3.43. The summed E-state index contributed by atoms with van der Waals surface area (Å²) in [5.41, 5.74) is 2.44. The number of carboxylic acid groups (broad SMARTS) is 1. The Morgan fingerprint density at radius 2 is 1.84 bits per heavy atom. The fourth-order valence-electron chi connectivity index (χ4n) is 3.22. The normalized spacial score (nSPS) is 11.2. The molecule has 0 spiro atoms. The Balaban J connectivity index is 1.77. The lowest BCUT2D eigenvalue weighted by Crippen LogP contribution is -2.13. The van der Waals surface area contributed by atoms with Crippen LogP contribution in [0.4, 0.5) is 0 Å². The second-order valence-electron chi connectivity index (χ2n) is 8.82. The van der Waals surface area contributed by atoms with E-state index < -0.39 is 5.97 Å². The molecule has 2 aromatic carbocycles. The zero-order valence-electron chi connectivity index (χ0n) is 18.5. The molecule has 166 valence electrons. The van der Waals surface area contributed by atoms with E-state index in [1.54, 1.807) is 43.6 Å². The van der Waals surface area contributed by atoms with Crippen molar-refractivity contribution >= 4 is 11.8 Å². The number of aromatic nitrogens is 2. The summed E-state index contributed by atoms with van der Waals surface area (Å²) in [7, 11) is 0. The van der Waals surface area contributed by atoms with Crippen LogP contribution in [-0.2, 0) is 6.61 Å². The molecule has 0 bridgehead atoms. The van der Waals surface area contributed by atoms with Crippen LogP contribution in [0, 0.1) is 12.3 Å². The predicted molar refractivity (Wildman–Crippen MR) is 120 cm³/mol. The molecule has 0 aliphatic carbocycles. The number of ether oxygens (including phenoxy) is 1. The fraction of sp³-hybridized carbons (Fsp3) is 0.280. The van der Waals surface area contributed by atoms with E-state index in [-0.39, 0.29) is 34.7 Å². The lowest BCUT2D eigenvalue weighted by molar-refractivity contribution is 0.0696. The molecule has 3 aromatic rings. The maximum Gasteiger partial charge on any atom is 0.335 e. The van der Waals surface area contributed by atoms with Gasteiger partial charge in [-0.05, 0) is 36.6 Å². The molecule has 0 aliphatic rings. The number of carbonyl (C=O) groups excluding carboxylic acids is 1. The molecule has 2 N–H and O–H groups in total. The van der Waals surface area contributed by atoms with Crippen LogP contribution in [0.1, 0.15) is 59.2 Å². The number of carbonyl (C=O) groups is 2. The first-order valence-corrected chi connectivity index (χ1v) is 10.2. The van der Waals surface area contributed by atoms with Crippen molar-refractivity contribution < 1.29 is 24.5 Å². The van der Waals surface area contributed by atoms with Gasteiger partial charge in [0.05, 0.1) is 34.9 Å². The van der Waals surface area contributed by atoms with Crippen LogP contribution in [-0.4, -0.2) is 31.9 Å². The van der Waals surface area contributed by atoms with Gasteiger partial charge in [0.1, 0.15) is 18.1 Å². The highest BCUT2D eigenvalue weighted by atomic mass is 16.5. The van der Waals surface area contributed by atoms with Gasteiger partial charge in [0.2, 0.25) is 0 Å². The summed E-state index contributed by atoms with van der Waals surface area (Å²) in [5.74, 6) is -0.775. The molecule has 0 aliphatic heterocycles. The smallest absolute Gasteiger partial charge is 0.335 e. The first kappa shape index (κ1) is 22.9. The van der Waals surface area contributed by atoms with Gasteiger partial charge >= 0.3 is 5.97 Å². The largest absolute Gasteiger partial charge is 0.507 e. The highest BCUT2D eigenvalue weighted by molar-refractivity contribution is 5.99. The van der Waals surface area contributed by atoms with E-state index in [0.717, 1.165) is 0 Å². The monoisotopic (exact) mass is 434 g/mol. The van der Waals surface area contributed by atoms with Gasteiger partial charge in [-0.25, -0.2) is 9.78 Å². The molecule has 32 heavy (non-hydrogen) atoms. The van der Waals surface area contributed by atoms with Crippen molar-refractivity contribution in [1.82, 2.24) is 9.97 Å². The van der Waals surface area contributed by atoms with Crippen LogP contribution >= 0.6 is 0 Å². The molecule has 0 saturated carbocycles. The number of Topliss-reactive ketones (excluding diaryl/α,β-unsaturated/α-hetero) is 1. The van der Waals surface area contributed by atoms with Crippen molar-refractivity contribution in [3.8, 4) is 22.8 Å². The lowest BCUT2D eigenvalue weighted by Gasteiger charge is -2.18. The van der Waals surface area contributed by atoms with Gasteiger partial charge in [-0.1, -0.05) is 32.9 Å². The maximum atomic E-state index is 12.5. The standard InChI is InChI=1S/C25H26N2O5/c1-15-22(9-8-19(23(15)29)21(28)11-25(2,3)4)32-14-18-12-26-13-20(27-18)16-6-5-7-17(10-16)24(30)31/h5-10,12-13,29H,11,14H2,1-4H3,(H,30,31). The molecule has 1 heterocycles. The van der Waals surface area contributed by atoms with E-state index in [0.29, 0.717) is 34.7 Å². The Morgan fingerprint density at radius 1 is 1.09 bits per heavy atom. The third-order valence-electron chi connectivity index (χ3n) is 4.84. The number of ketones is 1. The van der Waals surface area contributed by atoms with E-state index in [4.69, 9.17) is 4.74 Å². The van der Waals surface area contributed by atoms with Gasteiger partial charge in [0, 0.05) is 17.5 Å². The Bertz CT molecular complexity index is 1170. The highest BCUT2D eigenvalue weighted by Crippen LogP contribution is 2.33. The van der Waals surface area contributed by atoms with Crippen LogP contribution in [0.3, 0.4) is 0 Å². The van der Waals surface area contributed by atoms with Crippen molar-refractivity contribution in [3.05, 3.63) is 71.2 Å². The quantitative estimate of drug-likeness (QED) is 0.501. The van der Waals surface area contributed by atoms with Crippen molar-refractivity contribution in [2.24, 2.45) is 5.41 Å². The number of rotatable bonds is 7. The molecule has 0 atom stereocenters. The average Bonchev–Trinajstić information content (AvgIpc) is 2.73. The fourth-order valence-corrected chi connectivity index (χ4v) is 3.22. The summed E-state index contributed by atoms with van der Waals surface area (Å²) in [4.78, 5) is 32.4. The number of carboxylic acids is 1. The predicted octanol–water partition coefficient (Wildman–Crippen LogP) is 5.05. The SMILES string of the molecule is Cc1c(OCc2cncc(-c3cccc(C(=O)O)c3)n2)ccc(C(=O)CC(C)(C)C)c1O. The number of benzene rings is 2. The number of hydrogen-bond acceptors (Lipinski definition) is 6. The number of nitrogens with zero attached hydrogens (tertiary/aromatic N) is 2. The minimum absolute atomic E-state index is 0.0814. The zero-order valence-corrected chi connectivity index (χ0v) is 18.5. The molecule has 0 fully saturated rings. The van der Waals surface area contributed by atoms with Crippen molar-refractivity contribution in [3.63, 3.8) is 0 Å². The minimum atomic E-state index is -1.01. The summed E-state index contributed by atoms with van der Waals surface area (Å²) in [6, 6.07) is 9.70. The third-order valence-corrected chi connectivity index (χ3v) is 4.84. The summed E-state index contributed by atoms with van der Waals surface area (Å²) in [5, 5.41) is 19.7. The van der Waals surface area contributed by atoms with Gasteiger partial charge < -0.3 is 14.9 Å². The summed E-state index contributed by atoms with van der Waals surface area (Å²) >= 11 is 0. The van der Waals surface area contributed by atoms with Crippen molar-refractivity contribution in [2.75, 3.05) is 0 Å². The van der Waals surface area contributed by atoms with E-state index in [9.17, 15) is 19.8 Å². The third kappa shape index (κ3) is 5.49. The molecule has 3 rings (SSSR count). The van der Waals surface area contributed by atoms with Gasteiger partial charge in [-0.3, -0.25) is 9.78 Å². The Morgan fingerprint density at radius 3 is 2.53 bits per heavy atom. The molecule has 0 saturated heterocycles. The van der Waals surface area contributed by atoms with Gasteiger partial charge in [0.15, 0.2) is 5.78 Å². The van der Waals surface area contributed by atoms with Crippen LogP contribution < -0.4 is 4.74 Å².